The van der Waals surface area contributed by atoms with Crippen LogP contribution in [0.15, 0.2) is 54.6 Å². The Labute approximate surface area is 169 Å². The van der Waals surface area contributed by atoms with Crippen LogP contribution in [0.1, 0.15) is 24.1 Å². The van der Waals surface area contributed by atoms with Gasteiger partial charge >= 0.3 is 5.97 Å². The first-order chi connectivity index (χ1) is 13.9. The van der Waals surface area contributed by atoms with Gasteiger partial charge in [0.15, 0.2) is 11.2 Å². The number of phenolic OH excluding ortho intramolecular Hbond substituents is 1. The lowest BCUT2D eigenvalue weighted by Gasteiger charge is -2.21. The molecule has 7 heteroatoms. The molecule has 0 spiro atoms. The zero-order valence-corrected chi connectivity index (χ0v) is 16.5. The molecular weight excluding hydrogens is 378 g/mol. The average Bonchev–Trinajstić information content (AvgIpc) is 2.75. The van der Waals surface area contributed by atoms with E-state index in [1.165, 1.54) is 26.2 Å². The van der Waals surface area contributed by atoms with E-state index in [0.29, 0.717) is 23.5 Å². The fourth-order valence-corrected chi connectivity index (χ4v) is 3.37. The third kappa shape index (κ3) is 6.42. The van der Waals surface area contributed by atoms with Crippen molar-refractivity contribution in [2.45, 2.75) is 19.4 Å². The molecule has 0 aromatic heterocycles. The van der Waals surface area contributed by atoms with E-state index in [-0.39, 0.29) is 11.0 Å². The van der Waals surface area contributed by atoms with Crippen LogP contribution in [0.5, 0.6) is 5.75 Å². The van der Waals surface area contributed by atoms with Crippen molar-refractivity contribution in [2.24, 2.45) is 5.92 Å². The van der Waals surface area contributed by atoms with Crippen molar-refractivity contribution in [3.8, 4) is 5.75 Å². The Morgan fingerprint density at radius 2 is 1.82 bits per heavy atom. The molecule has 148 valence electrons. The summed E-state index contributed by atoms with van der Waals surface area (Å²) in [7, 11) is 1.25. The maximum absolute atomic E-state index is 13.0. The molecule has 1 amide bonds. The third-order valence-electron chi connectivity index (χ3n) is 4.12. The summed E-state index contributed by atoms with van der Waals surface area (Å²) in [4.78, 5) is 36.7. The predicted octanol–water partition coefficient (Wildman–Crippen LogP) is 2.86. The number of amides is 1. The van der Waals surface area contributed by atoms with E-state index in [0.717, 1.165) is 17.3 Å². The predicted molar refractivity (Wildman–Crippen MR) is 108 cm³/mol. The number of thioether (sulfide) groups is 1. The van der Waals surface area contributed by atoms with Crippen molar-refractivity contribution in [1.29, 1.82) is 1.43 Å². The standard InChI is InChI=1S/C21H23NO5S/c1-14(23)28-13-17(12-15-6-4-3-5-7-15)20(25)22-19(21(26)27-2)16-8-10-18(24)11-9-16/h3-11,17,19,24H,12-13H2,1-2H3,(H,22,25)/i/hD. The van der Waals surface area contributed by atoms with E-state index in [2.05, 4.69) is 10.4 Å². The summed E-state index contributed by atoms with van der Waals surface area (Å²) >= 11 is 1.08. The van der Waals surface area contributed by atoms with Crippen molar-refractivity contribution in [2.75, 3.05) is 12.9 Å². The van der Waals surface area contributed by atoms with Gasteiger partial charge < -0.3 is 15.2 Å². The number of carbonyl (C=O) groups is 3. The van der Waals surface area contributed by atoms with Gasteiger partial charge in [0.1, 0.15) is 5.75 Å². The first kappa shape index (κ1) is 19.9. The largest absolute Gasteiger partial charge is 0.508 e. The highest BCUT2D eigenvalue weighted by atomic mass is 32.2. The molecule has 0 saturated carbocycles. The second-order valence-corrected chi connectivity index (χ2v) is 7.42. The Morgan fingerprint density at radius 3 is 2.39 bits per heavy atom. The highest BCUT2D eigenvalue weighted by Crippen LogP contribution is 2.21. The Hall–Kier alpha value is -2.80. The molecule has 0 fully saturated rings. The number of methoxy groups -OCH3 is 1. The fourth-order valence-electron chi connectivity index (χ4n) is 2.66. The zero-order valence-electron chi connectivity index (χ0n) is 16.7. The maximum atomic E-state index is 13.0. The summed E-state index contributed by atoms with van der Waals surface area (Å²) < 4.78 is 11.7. The number of rotatable bonds is 9. The van der Waals surface area contributed by atoms with Crippen LogP contribution in [-0.4, -0.2) is 36.4 Å². The molecule has 0 aliphatic rings. The quantitative estimate of drug-likeness (QED) is 0.627. The SMILES string of the molecule is [2H]Oc1ccc(C(NC(=O)C(CSC(C)=O)Cc2ccccc2)C(=O)OC)cc1. The minimum absolute atomic E-state index is 0.0774. The zero-order chi connectivity index (χ0) is 21.2. The van der Waals surface area contributed by atoms with Crippen LogP contribution < -0.4 is 5.32 Å². The summed E-state index contributed by atoms with van der Waals surface area (Å²) in [5, 5.41) is 7.05. The Bertz CT molecular complexity index is 829. The van der Waals surface area contributed by atoms with Gasteiger partial charge in [0.25, 0.3) is 1.43 Å². The topological polar surface area (TPSA) is 92.7 Å². The first-order valence-corrected chi connectivity index (χ1v) is 9.71. The lowest BCUT2D eigenvalue weighted by atomic mass is 9.99. The van der Waals surface area contributed by atoms with Gasteiger partial charge in [-0.15, -0.1) is 0 Å². The number of nitrogens with one attached hydrogen (secondary N) is 1. The number of carbonyl (C=O) groups excluding carboxylic acids is 3. The summed E-state index contributed by atoms with van der Waals surface area (Å²) in [5.41, 5.74) is 1.46. The summed E-state index contributed by atoms with van der Waals surface area (Å²) in [6.45, 7) is 1.45. The fraction of sp³-hybridized carbons (Fsp3) is 0.286. The normalized spacial score (nSPS) is 13.0. The van der Waals surface area contributed by atoms with Gasteiger partial charge in [-0.05, 0) is 29.7 Å². The molecule has 2 unspecified atom stereocenters. The van der Waals surface area contributed by atoms with Crippen molar-refractivity contribution >= 4 is 28.8 Å². The number of hydrogen-bond acceptors (Lipinski definition) is 6. The monoisotopic (exact) mass is 402 g/mol. The number of phenols is 1. The van der Waals surface area contributed by atoms with E-state index < -0.39 is 17.9 Å². The van der Waals surface area contributed by atoms with E-state index in [1.807, 2.05) is 30.3 Å². The molecule has 0 radical (unpaired) electrons. The van der Waals surface area contributed by atoms with Gasteiger partial charge in [-0.1, -0.05) is 54.2 Å². The highest BCUT2D eigenvalue weighted by Gasteiger charge is 2.28. The van der Waals surface area contributed by atoms with Crippen LogP contribution >= 0.6 is 11.8 Å². The number of aromatic hydroxyl groups is 1. The van der Waals surface area contributed by atoms with Crippen molar-refractivity contribution in [1.82, 2.24) is 5.32 Å². The lowest BCUT2D eigenvalue weighted by Crippen LogP contribution is -2.40. The van der Waals surface area contributed by atoms with Gasteiger partial charge in [-0.2, -0.15) is 0 Å². The molecular formula is C21H23NO5S. The molecule has 0 aliphatic heterocycles. The minimum Gasteiger partial charge on any atom is -0.508 e. The molecule has 0 bridgehead atoms. The summed E-state index contributed by atoms with van der Waals surface area (Å²) in [6.07, 6.45) is 0.437. The van der Waals surface area contributed by atoms with E-state index in [9.17, 15) is 14.4 Å². The molecule has 6 nitrogen and oxygen atoms in total. The molecule has 2 N–H and O–H groups in total. The second-order valence-electron chi connectivity index (χ2n) is 6.22. The highest BCUT2D eigenvalue weighted by molar-refractivity contribution is 8.13. The minimum atomic E-state index is -1.01. The summed E-state index contributed by atoms with van der Waals surface area (Å²) in [6, 6.07) is 14.7. The molecule has 2 atom stereocenters. The van der Waals surface area contributed by atoms with Crippen molar-refractivity contribution in [3.05, 3.63) is 65.7 Å². The maximum Gasteiger partial charge on any atom is 0.333 e. The van der Waals surface area contributed by atoms with Crippen LogP contribution in [0, 0.1) is 5.92 Å². The van der Waals surface area contributed by atoms with Crippen LogP contribution in [0.25, 0.3) is 0 Å². The molecule has 2 rings (SSSR count). The van der Waals surface area contributed by atoms with Gasteiger partial charge in [0, 0.05) is 12.7 Å². The molecule has 2 aromatic carbocycles. The number of ether oxygens (including phenoxy) is 1. The van der Waals surface area contributed by atoms with Crippen LogP contribution in [0.2, 0.25) is 0 Å². The van der Waals surface area contributed by atoms with E-state index >= 15 is 0 Å². The number of esters is 1. The molecule has 0 heterocycles. The van der Waals surface area contributed by atoms with Crippen LogP contribution in [0.4, 0.5) is 0 Å². The molecule has 0 saturated heterocycles. The van der Waals surface area contributed by atoms with Crippen molar-refractivity contribution < 1.29 is 24.2 Å². The van der Waals surface area contributed by atoms with Crippen LogP contribution in [0.3, 0.4) is 0 Å². The van der Waals surface area contributed by atoms with Crippen LogP contribution in [-0.2, 0) is 25.5 Å². The van der Waals surface area contributed by atoms with Crippen molar-refractivity contribution in [3.63, 3.8) is 0 Å². The number of benzene rings is 2. The van der Waals surface area contributed by atoms with Gasteiger partial charge in [0.05, 0.1) is 13.0 Å². The number of hydrogen-bond donors (Lipinski definition) is 2. The Morgan fingerprint density at radius 1 is 1.14 bits per heavy atom. The van der Waals surface area contributed by atoms with Gasteiger partial charge in [-0.25, -0.2) is 4.79 Å². The van der Waals surface area contributed by atoms with E-state index in [4.69, 9.17) is 6.17 Å². The van der Waals surface area contributed by atoms with Gasteiger partial charge in [-0.3, -0.25) is 9.59 Å². The first-order valence-electron chi connectivity index (χ1n) is 9.14. The van der Waals surface area contributed by atoms with E-state index in [1.54, 1.807) is 12.1 Å². The average molecular weight is 402 g/mol. The Kier molecular flexibility index (Phi) is 7.49. The molecule has 2 aromatic rings. The Balaban J connectivity index is 2.20. The lowest BCUT2D eigenvalue weighted by molar-refractivity contribution is -0.145. The summed E-state index contributed by atoms with van der Waals surface area (Å²) in [5.74, 6) is -0.859. The third-order valence-corrected chi connectivity index (χ3v) is 5.10. The van der Waals surface area contributed by atoms with Gasteiger partial charge in [0.2, 0.25) is 5.91 Å². The second kappa shape index (κ2) is 10.5. The molecule has 0 aliphatic carbocycles. The molecule has 28 heavy (non-hydrogen) atoms. The smallest absolute Gasteiger partial charge is 0.333 e.